The van der Waals surface area contributed by atoms with Crippen LogP contribution in [0.5, 0.6) is 5.88 Å². The molecule has 17 heavy (non-hydrogen) atoms. The second-order valence-electron chi connectivity index (χ2n) is 3.49. The Morgan fingerprint density at radius 2 is 2.00 bits per heavy atom. The van der Waals surface area contributed by atoms with Crippen molar-refractivity contribution in [1.29, 1.82) is 0 Å². The van der Waals surface area contributed by atoms with Crippen molar-refractivity contribution in [3.8, 4) is 5.88 Å². The van der Waals surface area contributed by atoms with Crippen LogP contribution in [-0.4, -0.2) is 27.2 Å². The Hall–Kier alpha value is -2.01. The Labute approximate surface area is 99.2 Å². The molecule has 0 amide bonds. The highest BCUT2D eigenvalue weighted by atomic mass is 16.5. The standard InChI is InChI=1S/C12H13N3O2/c1-17-12-11(14-6-7-15-12)10(16)8-9-4-2-3-5-13-9/h2-7,10,16H,8H2,1H3. The molecule has 0 fully saturated rings. The van der Waals surface area contributed by atoms with Crippen molar-refractivity contribution in [2.24, 2.45) is 0 Å². The third-order valence-electron chi connectivity index (χ3n) is 2.33. The van der Waals surface area contributed by atoms with E-state index < -0.39 is 6.10 Å². The normalized spacial score (nSPS) is 12.1. The van der Waals surface area contributed by atoms with Crippen LogP contribution < -0.4 is 4.74 Å². The van der Waals surface area contributed by atoms with Gasteiger partial charge in [0.25, 0.3) is 0 Å². The van der Waals surface area contributed by atoms with Crippen LogP contribution in [0.2, 0.25) is 0 Å². The van der Waals surface area contributed by atoms with Gasteiger partial charge >= 0.3 is 0 Å². The fourth-order valence-electron chi connectivity index (χ4n) is 1.54. The van der Waals surface area contributed by atoms with Crippen LogP contribution in [0.3, 0.4) is 0 Å². The fraction of sp³-hybridized carbons (Fsp3) is 0.250. The molecule has 0 radical (unpaired) electrons. The van der Waals surface area contributed by atoms with E-state index in [1.165, 1.54) is 19.5 Å². The topological polar surface area (TPSA) is 68.1 Å². The average molecular weight is 231 g/mol. The maximum Gasteiger partial charge on any atom is 0.238 e. The third kappa shape index (κ3) is 2.76. The van der Waals surface area contributed by atoms with Gasteiger partial charge in [-0.05, 0) is 12.1 Å². The van der Waals surface area contributed by atoms with Crippen molar-refractivity contribution >= 4 is 0 Å². The van der Waals surface area contributed by atoms with Crippen molar-refractivity contribution < 1.29 is 9.84 Å². The molecule has 2 rings (SSSR count). The molecule has 0 saturated carbocycles. The first kappa shape index (κ1) is 11.5. The molecule has 88 valence electrons. The number of nitrogens with zero attached hydrogens (tertiary/aromatic N) is 3. The zero-order valence-electron chi connectivity index (χ0n) is 9.45. The van der Waals surface area contributed by atoms with Gasteiger partial charge in [-0.3, -0.25) is 9.97 Å². The molecule has 5 nitrogen and oxygen atoms in total. The number of aliphatic hydroxyl groups is 1. The van der Waals surface area contributed by atoms with E-state index in [1.807, 2.05) is 18.2 Å². The van der Waals surface area contributed by atoms with E-state index in [0.717, 1.165) is 5.69 Å². The van der Waals surface area contributed by atoms with E-state index in [4.69, 9.17) is 4.74 Å². The zero-order valence-corrected chi connectivity index (χ0v) is 9.45. The molecule has 1 N–H and O–H groups in total. The van der Waals surface area contributed by atoms with E-state index in [0.29, 0.717) is 18.0 Å². The summed E-state index contributed by atoms with van der Waals surface area (Å²) in [6, 6.07) is 5.56. The monoisotopic (exact) mass is 231 g/mol. The molecular formula is C12H13N3O2. The quantitative estimate of drug-likeness (QED) is 0.855. The zero-order chi connectivity index (χ0) is 12.1. The van der Waals surface area contributed by atoms with Crippen LogP contribution in [-0.2, 0) is 6.42 Å². The fourth-order valence-corrected chi connectivity index (χ4v) is 1.54. The smallest absolute Gasteiger partial charge is 0.238 e. The van der Waals surface area contributed by atoms with Crippen molar-refractivity contribution in [1.82, 2.24) is 15.0 Å². The van der Waals surface area contributed by atoms with E-state index in [1.54, 1.807) is 6.20 Å². The van der Waals surface area contributed by atoms with Gasteiger partial charge in [0.2, 0.25) is 5.88 Å². The Bertz CT molecular complexity index is 476. The SMILES string of the molecule is COc1nccnc1C(O)Cc1ccccn1. The molecule has 2 aromatic heterocycles. The Morgan fingerprint density at radius 1 is 1.18 bits per heavy atom. The molecule has 0 aromatic carbocycles. The van der Waals surface area contributed by atoms with Crippen LogP contribution in [0.15, 0.2) is 36.8 Å². The molecule has 0 aliphatic rings. The number of methoxy groups -OCH3 is 1. The first-order valence-electron chi connectivity index (χ1n) is 5.24. The third-order valence-corrected chi connectivity index (χ3v) is 2.33. The number of ether oxygens (including phenoxy) is 1. The predicted octanol–water partition coefficient (Wildman–Crippen LogP) is 1.16. The summed E-state index contributed by atoms with van der Waals surface area (Å²) >= 11 is 0. The largest absolute Gasteiger partial charge is 0.480 e. The van der Waals surface area contributed by atoms with Gasteiger partial charge < -0.3 is 9.84 Å². The van der Waals surface area contributed by atoms with Crippen LogP contribution in [0.4, 0.5) is 0 Å². The summed E-state index contributed by atoms with van der Waals surface area (Å²) in [5.41, 5.74) is 1.23. The van der Waals surface area contributed by atoms with Crippen molar-refractivity contribution in [2.45, 2.75) is 12.5 Å². The van der Waals surface area contributed by atoms with E-state index in [-0.39, 0.29) is 0 Å². The number of aromatic nitrogens is 3. The van der Waals surface area contributed by atoms with E-state index in [9.17, 15) is 5.11 Å². The average Bonchev–Trinajstić information content (AvgIpc) is 2.40. The Kier molecular flexibility index (Phi) is 3.62. The van der Waals surface area contributed by atoms with Crippen LogP contribution in [0, 0.1) is 0 Å². The lowest BCUT2D eigenvalue weighted by Crippen LogP contribution is -2.08. The number of hydrogen-bond acceptors (Lipinski definition) is 5. The second kappa shape index (κ2) is 5.36. The molecule has 1 unspecified atom stereocenters. The van der Waals surface area contributed by atoms with Crippen molar-refractivity contribution in [3.63, 3.8) is 0 Å². The maximum atomic E-state index is 10.1. The minimum absolute atomic E-state index is 0.343. The highest BCUT2D eigenvalue weighted by molar-refractivity contribution is 5.21. The van der Waals surface area contributed by atoms with Gasteiger partial charge in [0.15, 0.2) is 0 Å². The van der Waals surface area contributed by atoms with Gasteiger partial charge in [0, 0.05) is 30.7 Å². The summed E-state index contributed by atoms with van der Waals surface area (Å²) in [4.78, 5) is 12.2. The summed E-state index contributed by atoms with van der Waals surface area (Å²) in [5, 5.41) is 10.1. The van der Waals surface area contributed by atoms with Gasteiger partial charge in [-0.15, -0.1) is 0 Å². The lowest BCUT2D eigenvalue weighted by atomic mass is 10.1. The van der Waals surface area contributed by atoms with Gasteiger partial charge in [0.1, 0.15) is 11.8 Å². The Balaban J connectivity index is 2.17. The molecular weight excluding hydrogens is 218 g/mol. The summed E-state index contributed by atoms with van der Waals surface area (Å²) in [7, 11) is 1.50. The molecule has 2 heterocycles. The maximum absolute atomic E-state index is 10.1. The number of aliphatic hydroxyl groups excluding tert-OH is 1. The van der Waals surface area contributed by atoms with Gasteiger partial charge in [-0.2, -0.15) is 0 Å². The molecule has 0 aliphatic carbocycles. The highest BCUT2D eigenvalue weighted by Crippen LogP contribution is 2.22. The van der Waals surface area contributed by atoms with Crippen molar-refractivity contribution in [2.75, 3.05) is 7.11 Å². The Morgan fingerprint density at radius 3 is 2.71 bits per heavy atom. The minimum atomic E-state index is -0.770. The predicted molar refractivity (Wildman–Crippen MR) is 61.5 cm³/mol. The van der Waals surface area contributed by atoms with Gasteiger partial charge in [-0.25, -0.2) is 4.98 Å². The summed E-state index contributed by atoms with van der Waals surface area (Å²) in [5.74, 6) is 0.343. The highest BCUT2D eigenvalue weighted by Gasteiger charge is 2.16. The molecule has 2 aromatic rings. The molecule has 5 heteroatoms. The van der Waals surface area contributed by atoms with Crippen LogP contribution in [0.1, 0.15) is 17.5 Å². The summed E-state index contributed by atoms with van der Waals surface area (Å²) < 4.78 is 5.05. The molecule has 0 bridgehead atoms. The molecule has 1 atom stereocenters. The summed E-state index contributed by atoms with van der Waals surface area (Å²) in [6.45, 7) is 0. The second-order valence-corrected chi connectivity index (χ2v) is 3.49. The molecule has 0 aliphatic heterocycles. The lowest BCUT2D eigenvalue weighted by molar-refractivity contribution is 0.166. The van der Waals surface area contributed by atoms with Crippen LogP contribution >= 0.6 is 0 Å². The summed E-state index contributed by atoms with van der Waals surface area (Å²) in [6.07, 6.45) is 4.36. The number of pyridine rings is 1. The lowest BCUT2D eigenvalue weighted by Gasteiger charge is -2.11. The van der Waals surface area contributed by atoms with Crippen molar-refractivity contribution in [3.05, 3.63) is 48.2 Å². The van der Waals surface area contributed by atoms with E-state index in [2.05, 4.69) is 15.0 Å². The first-order chi connectivity index (χ1) is 8.31. The first-order valence-corrected chi connectivity index (χ1v) is 5.24. The molecule has 0 spiro atoms. The number of rotatable bonds is 4. The van der Waals surface area contributed by atoms with E-state index >= 15 is 0 Å². The molecule has 0 saturated heterocycles. The van der Waals surface area contributed by atoms with Crippen LogP contribution in [0.25, 0.3) is 0 Å². The minimum Gasteiger partial charge on any atom is -0.480 e. The number of hydrogen-bond donors (Lipinski definition) is 1. The van der Waals surface area contributed by atoms with Gasteiger partial charge in [-0.1, -0.05) is 6.07 Å². The van der Waals surface area contributed by atoms with Gasteiger partial charge in [0.05, 0.1) is 7.11 Å².